The highest BCUT2D eigenvalue weighted by atomic mass is 32.1. The zero-order valence-corrected chi connectivity index (χ0v) is 14.3. The number of rotatable bonds is 3. The van der Waals surface area contributed by atoms with E-state index in [1.165, 1.54) is 5.52 Å². The highest BCUT2D eigenvalue weighted by molar-refractivity contribution is 7.13. The first-order valence-electron chi connectivity index (χ1n) is 8.01. The summed E-state index contributed by atoms with van der Waals surface area (Å²) in [6, 6.07) is 8.82. The molecule has 4 rings (SSSR count). The minimum Gasteiger partial charge on any atom is -0.343 e. The van der Waals surface area contributed by atoms with Crippen molar-refractivity contribution in [2.24, 2.45) is 7.05 Å². The average Bonchev–Trinajstić information content (AvgIpc) is 3.17. The van der Waals surface area contributed by atoms with Crippen molar-refractivity contribution in [3.63, 3.8) is 0 Å². The lowest BCUT2D eigenvalue weighted by Crippen LogP contribution is -2.51. The molecule has 2 aromatic heterocycles. The number of piperazine rings is 1. The van der Waals surface area contributed by atoms with Gasteiger partial charge in [0.2, 0.25) is 0 Å². The van der Waals surface area contributed by atoms with Gasteiger partial charge in [0.05, 0.1) is 17.6 Å². The van der Waals surface area contributed by atoms with Crippen LogP contribution in [-0.2, 0) is 13.6 Å². The van der Waals surface area contributed by atoms with Crippen LogP contribution in [0.5, 0.6) is 0 Å². The Kier molecular flexibility index (Phi) is 3.79. The summed E-state index contributed by atoms with van der Waals surface area (Å²) in [5, 5.41) is 3.19. The molecule has 0 aliphatic carbocycles. The number of hydrogen-bond acceptors (Lipinski definition) is 5. The second-order valence-electron chi connectivity index (χ2n) is 6.17. The lowest BCUT2D eigenvalue weighted by molar-refractivity contribution is 0.214. The molecule has 23 heavy (non-hydrogen) atoms. The van der Waals surface area contributed by atoms with Gasteiger partial charge in [-0.3, -0.25) is 4.90 Å². The lowest BCUT2D eigenvalue weighted by atomic mass is 10.2. The lowest BCUT2D eigenvalue weighted by Gasteiger charge is -2.39. The van der Waals surface area contributed by atoms with Crippen molar-refractivity contribution in [2.75, 3.05) is 24.5 Å². The molecule has 0 spiro atoms. The Labute approximate surface area is 140 Å². The van der Waals surface area contributed by atoms with E-state index in [4.69, 9.17) is 4.98 Å². The summed E-state index contributed by atoms with van der Waals surface area (Å²) in [5.41, 5.74) is 2.29. The Morgan fingerprint density at radius 1 is 1.26 bits per heavy atom. The maximum Gasteiger partial charge on any atom is 0.185 e. The van der Waals surface area contributed by atoms with Gasteiger partial charge < -0.3 is 9.47 Å². The fourth-order valence-corrected chi connectivity index (χ4v) is 4.13. The molecule has 1 aliphatic heterocycles. The quantitative estimate of drug-likeness (QED) is 0.741. The monoisotopic (exact) mass is 327 g/mol. The third kappa shape index (κ3) is 2.72. The van der Waals surface area contributed by atoms with Crippen molar-refractivity contribution in [1.29, 1.82) is 0 Å². The summed E-state index contributed by atoms with van der Waals surface area (Å²) in [6.45, 7) is 6.30. The van der Waals surface area contributed by atoms with Gasteiger partial charge in [-0.25, -0.2) is 9.97 Å². The van der Waals surface area contributed by atoms with Gasteiger partial charge in [0.25, 0.3) is 0 Å². The Bertz CT molecular complexity index is 795. The molecule has 1 atom stereocenters. The number of para-hydroxylation sites is 2. The molecule has 1 aromatic carbocycles. The molecule has 120 valence electrons. The van der Waals surface area contributed by atoms with Crippen LogP contribution in [0.4, 0.5) is 5.13 Å². The van der Waals surface area contributed by atoms with E-state index in [0.717, 1.165) is 42.7 Å². The first kappa shape index (κ1) is 14.7. The Morgan fingerprint density at radius 2 is 2.13 bits per heavy atom. The van der Waals surface area contributed by atoms with Gasteiger partial charge >= 0.3 is 0 Å². The predicted molar refractivity (Wildman–Crippen MR) is 94.9 cm³/mol. The molecule has 1 fully saturated rings. The predicted octanol–water partition coefficient (Wildman–Crippen LogP) is 2.74. The van der Waals surface area contributed by atoms with E-state index in [9.17, 15) is 0 Å². The van der Waals surface area contributed by atoms with Crippen LogP contribution in [0.1, 0.15) is 12.7 Å². The van der Waals surface area contributed by atoms with Gasteiger partial charge in [-0.15, -0.1) is 11.3 Å². The van der Waals surface area contributed by atoms with Crippen LogP contribution >= 0.6 is 11.3 Å². The Balaban J connectivity index is 1.48. The minimum atomic E-state index is 0.476. The molecular formula is C17H21N5S. The SMILES string of the molecule is CC1CN(Cc2nc3ccccc3n2C)CCN1c1nccs1. The number of hydrogen-bond donors (Lipinski definition) is 0. The molecule has 0 saturated carbocycles. The fourth-order valence-electron chi connectivity index (χ4n) is 3.36. The first-order chi connectivity index (χ1) is 11.2. The van der Waals surface area contributed by atoms with Crippen LogP contribution in [0.3, 0.4) is 0 Å². The molecule has 1 saturated heterocycles. The second-order valence-corrected chi connectivity index (χ2v) is 7.04. The van der Waals surface area contributed by atoms with Gasteiger partial charge in [-0.2, -0.15) is 0 Å². The summed E-state index contributed by atoms with van der Waals surface area (Å²) in [4.78, 5) is 14.2. The van der Waals surface area contributed by atoms with Crippen molar-refractivity contribution in [3.8, 4) is 0 Å². The molecule has 3 heterocycles. The van der Waals surface area contributed by atoms with E-state index in [2.05, 4.69) is 51.5 Å². The summed E-state index contributed by atoms with van der Waals surface area (Å²) in [7, 11) is 2.11. The summed E-state index contributed by atoms with van der Waals surface area (Å²) in [6.07, 6.45) is 1.89. The van der Waals surface area contributed by atoms with Crippen LogP contribution in [0.2, 0.25) is 0 Å². The molecule has 0 N–H and O–H groups in total. The van der Waals surface area contributed by atoms with Crippen molar-refractivity contribution in [1.82, 2.24) is 19.4 Å². The third-order valence-corrected chi connectivity index (χ3v) is 5.43. The number of benzene rings is 1. The number of aromatic nitrogens is 3. The second kappa shape index (κ2) is 5.94. The van der Waals surface area contributed by atoms with E-state index in [1.54, 1.807) is 11.3 Å². The number of thiazole rings is 1. The van der Waals surface area contributed by atoms with E-state index < -0.39 is 0 Å². The third-order valence-electron chi connectivity index (χ3n) is 4.62. The molecule has 0 amide bonds. The van der Waals surface area contributed by atoms with Crippen LogP contribution in [-0.4, -0.2) is 45.1 Å². The van der Waals surface area contributed by atoms with Crippen LogP contribution in [0.25, 0.3) is 11.0 Å². The van der Waals surface area contributed by atoms with E-state index in [-0.39, 0.29) is 0 Å². The van der Waals surface area contributed by atoms with E-state index in [1.807, 2.05) is 17.6 Å². The molecule has 3 aromatic rings. The Morgan fingerprint density at radius 3 is 2.87 bits per heavy atom. The highest BCUT2D eigenvalue weighted by Crippen LogP contribution is 2.23. The van der Waals surface area contributed by atoms with E-state index in [0.29, 0.717) is 6.04 Å². The largest absolute Gasteiger partial charge is 0.343 e. The van der Waals surface area contributed by atoms with Crippen molar-refractivity contribution in [2.45, 2.75) is 19.5 Å². The van der Waals surface area contributed by atoms with Gasteiger partial charge in [0.15, 0.2) is 5.13 Å². The number of nitrogens with zero attached hydrogens (tertiary/aromatic N) is 5. The minimum absolute atomic E-state index is 0.476. The highest BCUT2D eigenvalue weighted by Gasteiger charge is 2.26. The molecule has 5 nitrogen and oxygen atoms in total. The molecular weight excluding hydrogens is 306 g/mol. The van der Waals surface area contributed by atoms with Crippen molar-refractivity contribution < 1.29 is 0 Å². The van der Waals surface area contributed by atoms with Gasteiger partial charge in [-0.05, 0) is 19.1 Å². The van der Waals surface area contributed by atoms with Crippen LogP contribution in [0, 0.1) is 0 Å². The molecule has 6 heteroatoms. The first-order valence-corrected chi connectivity index (χ1v) is 8.89. The van der Waals surface area contributed by atoms with Crippen LogP contribution < -0.4 is 4.90 Å². The molecule has 1 aliphatic rings. The standard InChI is InChI=1S/C17H21N5S/c1-13-11-21(8-9-22(13)17-18-7-10-23-17)12-16-19-14-5-3-4-6-15(14)20(16)2/h3-7,10,13H,8-9,11-12H2,1-2H3. The smallest absolute Gasteiger partial charge is 0.185 e. The molecule has 0 radical (unpaired) electrons. The molecule has 0 bridgehead atoms. The van der Waals surface area contributed by atoms with Crippen molar-refractivity contribution in [3.05, 3.63) is 41.7 Å². The summed E-state index contributed by atoms with van der Waals surface area (Å²) in [5.74, 6) is 1.14. The number of aryl methyl sites for hydroxylation is 1. The van der Waals surface area contributed by atoms with Crippen molar-refractivity contribution >= 4 is 27.5 Å². The zero-order chi connectivity index (χ0) is 15.8. The summed E-state index contributed by atoms with van der Waals surface area (Å²) < 4.78 is 2.22. The number of imidazole rings is 1. The normalized spacial score (nSPS) is 19.6. The zero-order valence-electron chi connectivity index (χ0n) is 13.5. The van der Waals surface area contributed by atoms with Gasteiger partial charge in [0.1, 0.15) is 5.82 Å². The summed E-state index contributed by atoms with van der Waals surface area (Å²) >= 11 is 1.72. The maximum absolute atomic E-state index is 4.80. The Hall–Kier alpha value is -1.92. The van der Waals surface area contributed by atoms with Gasteiger partial charge in [-0.1, -0.05) is 12.1 Å². The van der Waals surface area contributed by atoms with Gasteiger partial charge in [0, 0.05) is 44.3 Å². The number of anilines is 1. The topological polar surface area (TPSA) is 37.2 Å². The maximum atomic E-state index is 4.80. The van der Waals surface area contributed by atoms with E-state index >= 15 is 0 Å². The molecule has 1 unspecified atom stereocenters. The fraction of sp³-hybridized carbons (Fsp3) is 0.412. The van der Waals surface area contributed by atoms with Crippen LogP contribution in [0.15, 0.2) is 35.8 Å². The average molecular weight is 327 g/mol. The number of fused-ring (bicyclic) bond motifs is 1.